The molecule has 0 aromatic heterocycles. The van der Waals surface area contributed by atoms with Gasteiger partial charge in [-0.1, -0.05) is 20.8 Å². The molecule has 0 aliphatic rings. The minimum Gasteiger partial charge on any atom is -0.469 e. The largest absolute Gasteiger partial charge is 0.469 e. The van der Waals surface area contributed by atoms with E-state index in [0.29, 0.717) is 6.42 Å². The van der Waals surface area contributed by atoms with Crippen LogP contribution in [0.15, 0.2) is 0 Å². The maximum Gasteiger partial charge on any atom is 0.306 e. The molecule has 0 saturated carbocycles. The van der Waals surface area contributed by atoms with Crippen molar-refractivity contribution >= 4 is 16.2 Å². The first-order chi connectivity index (χ1) is 8.98. The lowest BCUT2D eigenvalue weighted by atomic mass is 9.89. The molecular weight excluding hydrogens is 284 g/mol. The summed E-state index contributed by atoms with van der Waals surface area (Å²) in [5.74, 6) is -0.472. The molecule has 1 unspecified atom stereocenters. The number of nitrogens with zero attached hydrogens (tertiary/aromatic N) is 1. The number of rotatable bonds is 8. The van der Waals surface area contributed by atoms with E-state index in [0.717, 1.165) is 4.31 Å². The number of esters is 1. The Morgan fingerprint density at radius 1 is 1.40 bits per heavy atom. The molecule has 1 atom stereocenters. The summed E-state index contributed by atoms with van der Waals surface area (Å²) in [4.78, 5) is 11.0. The Balaban J connectivity index is 4.27. The van der Waals surface area contributed by atoms with E-state index in [4.69, 9.17) is 0 Å². The molecule has 120 valence electrons. The molecule has 0 aliphatic heterocycles. The van der Waals surface area contributed by atoms with Crippen LogP contribution in [0.25, 0.3) is 0 Å². The van der Waals surface area contributed by atoms with Crippen molar-refractivity contribution in [1.82, 2.24) is 9.03 Å². The second-order valence-corrected chi connectivity index (χ2v) is 7.78. The SMILES string of the molecule is COC(=O)CCN(C)S(=O)(=O)NCC(O)CC(C)(C)C. The monoisotopic (exact) mass is 310 g/mol. The fourth-order valence-electron chi connectivity index (χ4n) is 1.56. The van der Waals surface area contributed by atoms with Crippen molar-refractivity contribution in [2.45, 2.75) is 39.7 Å². The van der Waals surface area contributed by atoms with Crippen LogP contribution in [-0.2, 0) is 19.7 Å². The molecule has 0 bridgehead atoms. The Morgan fingerprint density at radius 3 is 2.40 bits per heavy atom. The Labute approximate surface area is 121 Å². The van der Waals surface area contributed by atoms with E-state index < -0.39 is 22.3 Å². The lowest BCUT2D eigenvalue weighted by molar-refractivity contribution is -0.140. The topological polar surface area (TPSA) is 95.9 Å². The number of hydrogen-bond donors (Lipinski definition) is 2. The fourth-order valence-corrected chi connectivity index (χ4v) is 2.52. The molecule has 8 heteroatoms. The van der Waals surface area contributed by atoms with E-state index in [9.17, 15) is 18.3 Å². The molecule has 0 aliphatic carbocycles. The van der Waals surface area contributed by atoms with Gasteiger partial charge in [-0.25, -0.2) is 0 Å². The molecule has 0 fully saturated rings. The molecule has 20 heavy (non-hydrogen) atoms. The zero-order valence-electron chi connectivity index (χ0n) is 12.8. The highest BCUT2D eigenvalue weighted by atomic mass is 32.2. The summed E-state index contributed by atoms with van der Waals surface area (Å²) in [6, 6.07) is 0. The van der Waals surface area contributed by atoms with E-state index in [-0.39, 0.29) is 24.9 Å². The van der Waals surface area contributed by atoms with Crippen LogP contribution in [-0.4, -0.2) is 57.1 Å². The minimum atomic E-state index is -3.70. The number of ether oxygens (including phenoxy) is 1. The summed E-state index contributed by atoms with van der Waals surface area (Å²) in [7, 11) is -1.09. The molecular formula is C12H26N2O5S. The number of aliphatic hydroxyl groups is 1. The second-order valence-electron chi connectivity index (χ2n) is 5.92. The molecule has 7 nitrogen and oxygen atoms in total. The van der Waals surface area contributed by atoms with Crippen LogP contribution in [0.5, 0.6) is 0 Å². The standard InChI is InChI=1S/C12H26N2O5S/c1-12(2,3)8-10(15)9-13-20(17,18)14(4)7-6-11(16)19-5/h10,13,15H,6-9H2,1-5H3. The Hall–Kier alpha value is -0.700. The van der Waals surface area contributed by atoms with E-state index in [2.05, 4.69) is 9.46 Å². The van der Waals surface area contributed by atoms with Crippen molar-refractivity contribution in [3.8, 4) is 0 Å². The van der Waals surface area contributed by atoms with Crippen molar-refractivity contribution in [2.75, 3.05) is 27.2 Å². The van der Waals surface area contributed by atoms with E-state index in [1.807, 2.05) is 20.8 Å². The Kier molecular flexibility index (Phi) is 7.64. The van der Waals surface area contributed by atoms with Gasteiger partial charge in [0.1, 0.15) is 0 Å². The summed E-state index contributed by atoms with van der Waals surface area (Å²) in [5.41, 5.74) is -0.0817. The minimum absolute atomic E-state index is 0.0154. The zero-order chi connectivity index (χ0) is 16.0. The summed E-state index contributed by atoms with van der Waals surface area (Å²) >= 11 is 0. The molecule has 0 heterocycles. The van der Waals surface area contributed by atoms with Gasteiger partial charge in [0.05, 0.1) is 19.6 Å². The highest BCUT2D eigenvalue weighted by Gasteiger charge is 2.22. The van der Waals surface area contributed by atoms with E-state index >= 15 is 0 Å². The quantitative estimate of drug-likeness (QED) is 0.621. The first kappa shape index (κ1) is 19.3. The predicted octanol–water partition coefficient (Wildman–Crippen LogP) is 0.113. The van der Waals surface area contributed by atoms with Crippen LogP contribution < -0.4 is 4.72 Å². The summed E-state index contributed by atoms with van der Waals surface area (Å²) in [5, 5.41) is 9.77. The zero-order valence-corrected chi connectivity index (χ0v) is 13.7. The third kappa shape index (κ3) is 8.47. The molecule has 0 spiro atoms. The van der Waals surface area contributed by atoms with Crippen LogP contribution >= 0.6 is 0 Å². The number of nitrogens with one attached hydrogen (secondary N) is 1. The molecule has 0 aromatic rings. The maximum absolute atomic E-state index is 11.9. The van der Waals surface area contributed by atoms with Crippen molar-refractivity contribution in [1.29, 1.82) is 0 Å². The second kappa shape index (κ2) is 7.92. The van der Waals surface area contributed by atoms with Crippen LogP contribution in [0, 0.1) is 5.41 Å². The van der Waals surface area contributed by atoms with Crippen molar-refractivity contribution in [2.24, 2.45) is 5.41 Å². The van der Waals surface area contributed by atoms with Gasteiger partial charge in [0, 0.05) is 20.1 Å². The van der Waals surface area contributed by atoms with Crippen LogP contribution in [0.3, 0.4) is 0 Å². The smallest absolute Gasteiger partial charge is 0.306 e. The van der Waals surface area contributed by atoms with Gasteiger partial charge in [0.2, 0.25) is 0 Å². The van der Waals surface area contributed by atoms with Gasteiger partial charge in [-0.15, -0.1) is 0 Å². The number of aliphatic hydroxyl groups excluding tert-OH is 1. The third-order valence-electron chi connectivity index (χ3n) is 2.62. The van der Waals surface area contributed by atoms with Gasteiger partial charge in [-0.3, -0.25) is 4.79 Å². The summed E-state index contributed by atoms with van der Waals surface area (Å²) in [6.07, 6.45) is -0.279. The molecule has 0 saturated heterocycles. The molecule has 0 rings (SSSR count). The molecule has 0 radical (unpaired) electrons. The lowest BCUT2D eigenvalue weighted by Crippen LogP contribution is -2.43. The first-order valence-corrected chi connectivity index (χ1v) is 7.88. The van der Waals surface area contributed by atoms with E-state index in [1.54, 1.807) is 0 Å². The summed E-state index contributed by atoms with van der Waals surface area (Å²) in [6.45, 7) is 5.87. The highest BCUT2D eigenvalue weighted by Crippen LogP contribution is 2.20. The Morgan fingerprint density at radius 2 is 1.95 bits per heavy atom. The highest BCUT2D eigenvalue weighted by molar-refractivity contribution is 7.87. The maximum atomic E-state index is 11.9. The van der Waals surface area contributed by atoms with Crippen LogP contribution in [0.1, 0.15) is 33.6 Å². The third-order valence-corrected chi connectivity index (χ3v) is 4.15. The molecule has 0 amide bonds. The van der Waals surface area contributed by atoms with E-state index in [1.165, 1.54) is 14.2 Å². The first-order valence-electron chi connectivity index (χ1n) is 6.44. The van der Waals surface area contributed by atoms with Crippen molar-refractivity contribution in [3.63, 3.8) is 0 Å². The molecule has 0 aromatic carbocycles. The average Bonchev–Trinajstić information content (AvgIpc) is 2.30. The lowest BCUT2D eigenvalue weighted by Gasteiger charge is -2.23. The van der Waals surface area contributed by atoms with Gasteiger partial charge in [-0.2, -0.15) is 17.4 Å². The predicted molar refractivity (Wildman–Crippen MR) is 76.3 cm³/mol. The number of hydrogen-bond acceptors (Lipinski definition) is 5. The van der Waals surface area contributed by atoms with Crippen molar-refractivity contribution < 1.29 is 23.1 Å². The van der Waals surface area contributed by atoms with Crippen LogP contribution in [0.4, 0.5) is 0 Å². The number of carbonyl (C=O) groups is 1. The van der Waals surface area contributed by atoms with Crippen LogP contribution in [0.2, 0.25) is 0 Å². The normalized spacial score (nSPS) is 14.3. The summed E-state index contributed by atoms with van der Waals surface area (Å²) < 4.78 is 31.5. The van der Waals surface area contributed by atoms with Gasteiger partial charge >= 0.3 is 5.97 Å². The average molecular weight is 310 g/mol. The number of carbonyl (C=O) groups excluding carboxylic acids is 1. The Bertz CT molecular complexity index is 403. The van der Waals surface area contributed by atoms with Gasteiger partial charge in [0.15, 0.2) is 0 Å². The fraction of sp³-hybridized carbons (Fsp3) is 0.917. The van der Waals surface area contributed by atoms with Gasteiger partial charge in [-0.05, 0) is 11.8 Å². The van der Waals surface area contributed by atoms with Gasteiger partial charge < -0.3 is 9.84 Å². The van der Waals surface area contributed by atoms with Crippen molar-refractivity contribution in [3.05, 3.63) is 0 Å². The number of methoxy groups -OCH3 is 1. The molecule has 2 N–H and O–H groups in total. The van der Waals surface area contributed by atoms with Gasteiger partial charge in [0.25, 0.3) is 10.2 Å².